The summed E-state index contributed by atoms with van der Waals surface area (Å²) < 4.78 is 6.11. The van der Waals surface area contributed by atoms with Crippen LogP contribution in [-0.4, -0.2) is 22.3 Å². The van der Waals surface area contributed by atoms with Crippen LogP contribution in [0.3, 0.4) is 0 Å². The van der Waals surface area contributed by atoms with Crippen LogP contribution in [0.4, 0.5) is 0 Å². The van der Waals surface area contributed by atoms with Gasteiger partial charge in [-0.15, -0.1) is 0 Å². The van der Waals surface area contributed by atoms with E-state index in [9.17, 15) is 15.0 Å². The molecule has 0 bridgehead atoms. The number of fused-ring (bicyclic) bond motifs is 1. The third-order valence-corrected chi connectivity index (χ3v) is 5.77. The Morgan fingerprint density at radius 1 is 1.24 bits per heavy atom. The van der Waals surface area contributed by atoms with E-state index >= 15 is 0 Å². The Bertz CT molecular complexity index is 841. The Morgan fingerprint density at radius 2 is 1.97 bits per heavy atom. The first-order valence-corrected chi connectivity index (χ1v) is 10.5. The summed E-state index contributed by atoms with van der Waals surface area (Å²) in [5, 5.41) is 19.9. The molecule has 4 heteroatoms. The number of benzene rings is 2. The van der Waals surface area contributed by atoms with Crippen molar-refractivity contribution in [2.45, 2.75) is 71.3 Å². The van der Waals surface area contributed by atoms with E-state index < -0.39 is 5.97 Å². The summed E-state index contributed by atoms with van der Waals surface area (Å²) >= 11 is 0. The average Bonchev–Trinajstić information content (AvgIpc) is 2.60. The lowest BCUT2D eigenvalue weighted by atomic mass is 9.68. The van der Waals surface area contributed by atoms with Crippen molar-refractivity contribution in [1.29, 1.82) is 0 Å². The number of carboxylic acid groups (broad SMARTS) is 1. The second-order valence-electron chi connectivity index (χ2n) is 9.16. The number of aromatic hydroxyl groups is 1. The van der Waals surface area contributed by atoms with E-state index in [1.807, 2.05) is 12.1 Å². The molecule has 2 atom stereocenters. The van der Waals surface area contributed by atoms with Crippen LogP contribution in [0.25, 0.3) is 0 Å². The highest BCUT2D eigenvalue weighted by atomic mass is 16.5. The maximum atomic E-state index is 11.3. The number of aliphatic carboxylic acids is 1. The topological polar surface area (TPSA) is 66.8 Å². The first-order valence-electron chi connectivity index (χ1n) is 10.5. The van der Waals surface area contributed by atoms with E-state index in [4.69, 9.17) is 4.74 Å². The minimum absolute atomic E-state index is 0.000516. The number of phenols is 1. The Labute approximate surface area is 173 Å². The molecule has 156 valence electrons. The van der Waals surface area contributed by atoms with Gasteiger partial charge in [0.05, 0.1) is 12.5 Å². The molecule has 0 aromatic heterocycles. The minimum Gasteiger partial charge on any atom is -0.508 e. The van der Waals surface area contributed by atoms with Gasteiger partial charge in [-0.1, -0.05) is 44.2 Å². The molecular weight excluding hydrogens is 364 g/mol. The van der Waals surface area contributed by atoms with E-state index in [1.165, 1.54) is 5.56 Å². The highest BCUT2D eigenvalue weighted by Gasteiger charge is 2.35. The third kappa shape index (κ3) is 5.75. The van der Waals surface area contributed by atoms with Crippen molar-refractivity contribution in [2.24, 2.45) is 5.41 Å². The molecule has 0 saturated heterocycles. The van der Waals surface area contributed by atoms with Crippen molar-refractivity contribution in [3.63, 3.8) is 0 Å². The molecule has 29 heavy (non-hydrogen) atoms. The van der Waals surface area contributed by atoms with Crippen LogP contribution in [0.2, 0.25) is 0 Å². The molecule has 2 unspecified atom stereocenters. The zero-order chi connectivity index (χ0) is 21.0. The molecular formula is C25H32O4. The fourth-order valence-electron chi connectivity index (χ4n) is 4.63. The van der Waals surface area contributed by atoms with Gasteiger partial charge in [0.2, 0.25) is 0 Å². The Kier molecular flexibility index (Phi) is 6.51. The summed E-state index contributed by atoms with van der Waals surface area (Å²) in [4.78, 5) is 11.3. The molecule has 0 fully saturated rings. The Balaban J connectivity index is 1.68. The predicted octanol–water partition coefficient (Wildman–Crippen LogP) is 5.71. The molecule has 1 aliphatic rings. The summed E-state index contributed by atoms with van der Waals surface area (Å²) in [7, 11) is 0. The van der Waals surface area contributed by atoms with Gasteiger partial charge in [0.15, 0.2) is 0 Å². The molecule has 3 rings (SSSR count). The van der Waals surface area contributed by atoms with Gasteiger partial charge in [-0.2, -0.15) is 0 Å². The van der Waals surface area contributed by atoms with Crippen molar-refractivity contribution in [3.8, 4) is 11.5 Å². The monoisotopic (exact) mass is 396 g/mol. The van der Waals surface area contributed by atoms with Crippen molar-refractivity contribution in [3.05, 3.63) is 59.2 Å². The van der Waals surface area contributed by atoms with E-state index in [1.54, 1.807) is 6.07 Å². The largest absolute Gasteiger partial charge is 0.508 e. The summed E-state index contributed by atoms with van der Waals surface area (Å²) in [5.74, 6) is -0.162. The molecule has 0 aliphatic heterocycles. The van der Waals surface area contributed by atoms with Gasteiger partial charge in [0.25, 0.3) is 0 Å². The van der Waals surface area contributed by atoms with E-state index in [0.29, 0.717) is 5.75 Å². The number of carboxylic acids is 1. The maximum absolute atomic E-state index is 11.3. The van der Waals surface area contributed by atoms with Crippen LogP contribution >= 0.6 is 0 Å². The van der Waals surface area contributed by atoms with Crippen LogP contribution in [0.1, 0.15) is 69.1 Å². The Morgan fingerprint density at radius 3 is 2.66 bits per heavy atom. The molecule has 2 aromatic carbocycles. The number of phenolic OH excluding ortho intramolecular Hbond substituents is 1. The van der Waals surface area contributed by atoms with Crippen LogP contribution in [-0.2, 0) is 17.6 Å². The lowest BCUT2D eigenvalue weighted by molar-refractivity contribution is -0.137. The summed E-state index contributed by atoms with van der Waals surface area (Å²) in [6, 6.07) is 14.1. The number of hydrogen-bond acceptors (Lipinski definition) is 3. The number of ether oxygens (including phenoxy) is 1. The zero-order valence-electron chi connectivity index (χ0n) is 17.6. The van der Waals surface area contributed by atoms with E-state index in [2.05, 4.69) is 45.0 Å². The summed E-state index contributed by atoms with van der Waals surface area (Å²) in [6.45, 7) is 6.36. The van der Waals surface area contributed by atoms with Crippen molar-refractivity contribution in [2.75, 3.05) is 0 Å². The van der Waals surface area contributed by atoms with Crippen LogP contribution in [0, 0.1) is 5.41 Å². The first-order chi connectivity index (χ1) is 13.7. The Hall–Kier alpha value is -2.49. The van der Waals surface area contributed by atoms with Gasteiger partial charge in [-0.3, -0.25) is 4.79 Å². The van der Waals surface area contributed by atoms with Crippen molar-refractivity contribution in [1.82, 2.24) is 0 Å². The number of aryl methyl sites for hydroxylation is 1. The highest BCUT2D eigenvalue weighted by molar-refractivity contribution is 5.69. The SMILES string of the molecule is CC(CCCc1ccccc1)Oc1cc(O)c2c(c1)CC(C)(C)CC2CC(=O)O. The van der Waals surface area contributed by atoms with E-state index in [0.717, 1.165) is 43.2 Å². The standard InChI is InChI=1S/C25H32O4/c1-17(8-7-11-18-9-5-4-6-10-18)29-21-12-19-15-25(2,3)16-20(13-23(27)28)24(19)22(26)14-21/h4-6,9-10,12,14,17,20,26H,7-8,11,13,15-16H2,1-3H3,(H,27,28). The van der Waals surface area contributed by atoms with Gasteiger partial charge in [-0.25, -0.2) is 0 Å². The maximum Gasteiger partial charge on any atom is 0.303 e. The normalized spacial score (nSPS) is 18.7. The predicted molar refractivity (Wildman–Crippen MR) is 115 cm³/mol. The third-order valence-electron chi connectivity index (χ3n) is 5.77. The van der Waals surface area contributed by atoms with Crippen molar-refractivity contribution < 1.29 is 19.7 Å². The molecule has 0 heterocycles. The quantitative estimate of drug-likeness (QED) is 0.599. The van der Waals surface area contributed by atoms with Gasteiger partial charge in [-0.05, 0) is 67.6 Å². The number of carbonyl (C=O) groups is 1. The molecule has 0 saturated carbocycles. The van der Waals surface area contributed by atoms with Gasteiger partial charge < -0.3 is 14.9 Å². The van der Waals surface area contributed by atoms with E-state index in [-0.39, 0.29) is 29.6 Å². The first kappa shape index (κ1) is 21.2. The molecule has 0 spiro atoms. The minimum atomic E-state index is -0.828. The fourth-order valence-corrected chi connectivity index (χ4v) is 4.63. The molecule has 2 aromatic rings. The molecule has 4 nitrogen and oxygen atoms in total. The van der Waals surface area contributed by atoms with Gasteiger partial charge in [0, 0.05) is 11.6 Å². The second-order valence-corrected chi connectivity index (χ2v) is 9.16. The average molecular weight is 397 g/mol. The number of hydrogen-bond donors (Lipinski definition) is 2. The molecule has 0 amide bonds. The number of rotatable bonds is 8. The van der Waals surface area contributed by atoms with Crippen LogP contribution in [0.15, 0.2) is 42.5 Å². The van der Waals surface area contributed by atoms with Crippen LogP contribution in [0.5, 0.6) is 11.5 Å². The van der Waals surface area contributed by atoms with Crippen LogP contribution < -0.4 is 4.74 Å². The second kappa shape index (κ2) is 8.89. The summed E-state index contributed by atoms with van der Waals surface area (Å²) in [5.41, 5.74) is 3.13. The molecule has 2 N–H and O–H groups in total. The molecule has 0 radical (unpaired) electrons. The van der Waals surface area contributed by atoms with Gasteiger partial charge in [0.1, 0.15) is 11.5 Å². The van der Waals surface area contributed by atoms with Crippen molar-refractivity contribution >= 4 is 5.97 Å². The zero-order valence-corrected chi connectivity index (χ0v) is 17.6. The summed E-state index contributed by atoms with van der Waals surface area (Å²) in [6.07, 6.45) is 4.65. The fraction of sp³-hybridized carbons (Fsp3) is 0.480. The molecule has 1 aliphatic carbocycles. The lowest BCUT2D eigenvalue weighted by Crippen LogP contribution is -2.27. The lowest BCUT2D eigenvalue weighted by Gasteiger charge is -2.37. The smallest absolute Gasteiger partial charge is 0.303 e. The highest BCUT2D eigenvalue weighted by Crippen LogP contribution is 2.48. The van der Waals surface area contributed by atoms with Gasteiger partial charge >= 0.3 is 5.97 Å².